The molecule has 5 N–H and O–H groups in total. The van der Waals surface area contributed by atoms with Crippen molar-refractivity contribution in [2.24, 2.45) is 23.5 Å². The molecule has 2 saturated carbocycles. The average molecular weight is 460 g/mol. The summed E-state index contributed by atoms with van der Waals surface area (Å²) in [6.45, 7) is 0. The van der Waals surface area contributed by atoms with Gasteiger partial charge in [-0.1, -0.05) is 6.07 Å². The number of hydrogen-bond donors (Lipinski definition) is 4. The number of carbonyl (C=O) groups excluding carboxylic acids is 2. The van der Waals surface area contributed by atoms with E-state index in [9.17, 15) is 22.4 Å². The highest BCUT2D eigenvalue weighted by Crippen LogP contribution is 2.49. The Labute approximate surface area is 183 Å². The van der Waals surface area contributed by atoms with Gasteiger partial charge >= 0.3 is 0 Å². The largest absolute Gasteiger partial charge is 0.369 e. The fraction of sp³-hybridized carbons (Fsp3) is 0.400. The van der Waals surface area contributed by atoms with E-state index in [0.29, 0.717) is 18.5 Å². The minimum atomic E-state index is -3.90. The van der Waals surface area contributed by atoms with Crippen LogP contribution in [-0.2, 0) is 19.4 Å². The summed E-state index contributed by atoms with van der Waals surface area (Å²) < 4.78 is 40.1. The van der Waals surface area contributed by atoms with Gasteiger partial charge in [-0.2, -0.15) is 4.98 Å². The maximum Gasteiger partial charge on any atom is 0.235 e. The number of nitrogens with zero attached hydrogens (tertiary/aromatic N) is 2. The number of halogens is 1. The molecule has 2 aromatic rings. The number of nitrogens with one attached hydrogen (secondary N) is 3. The molecular weight excluding hydrogens is 439 g/mol. The lowest BCUT2D eigenvalue weighted by Crippen LogP contribution is -2.52. The summed E-state index contributed by atoms with van der Waals surface area (Å²) in [5, 5.41) is 8.67. The molecule has 32 heavy (non-hydrogen) atoms. The van der Waals surface area contributed by atoms with Gasteiger partial charge in [-0.15, -0.1) is 0 Å². The topological polar surface area (TPSA) is 156 Å². The molecule has 1 aliphatic heterocycles. The Hall–Kier alpha value is -3.28. The van der Waals surface area contributed by atoms with Crippen LogP contribution < -0.4 is 21.7 Å². The molecule has 5 atom stereocenters. The number of rotatable bonds is 1. The van der Waals surface area contributed by atoms with Crippen LogP contribution in [0.1, 0.15) is 12.8 Å². The van der Waals surface area contributed by atoms with E-state index in [1.807, 2.05) is 0 Å². The van der Waals surface area contributed by atoms with Crippen LogP contribution in [0.3, 0.4) is 0 Å². The fourth-order valence-corrected chi connectivity index (χ4v) is 6.41. The third-order valence-electron chi connectivity index (χ3n) is 6.50. The van der Waals surface area contributed by atoms with Crippen molar-refractivity contribution in [2.75, 3.05) is 16.4 Å². The predicted octanol–water partition coefficient (Wildman–Crippen LogP) is 0.553. The molecule has 10 nitrogen and oxygen atoms in total. The fourth-order valence-electron chi connectivity index (χ4n) is 5.22. The van der Waals surface area contributed by atoms with E-state index >= 15 is 0 Å². The third kappa shape index (κ3) is 3.53. The molecular formula is C20H21FN6O4S. The summed E-state index contributed by atoms with van der Waals surface area (Å²) in [6.07, 6.45) is 2.08. The highest BCUT2D eigenvalue weighted by atomic mass is 32.2. The summed E-state index contributed by atoms with van der Waals surface area (Å²) in [5.41, 5.74) is 5.99. The van der Waals surface area contributed by atoms with E-state index in [-0.39, 0.29) is 34.5 Å². The monoisotopic (exact) mass is 460 g/mol. The molecule has 168 valence electrons. The predicted molar refractivity (Wildman–Crippen MR) is 112 cm³/mol. The lowest BCUT2D eigenvalue weighted by Gasteiger charge is -2.35. The van der Waals surface area contributed by atoms with E-state index in [1.54, 1.807) is 6.07 Å². The summed E-state index contributed by atoms with van der Waals surface area (Å²) >= 11 is 0. The lowest BCUT2D eigenvalue weighted by molar-refractivity contribution is -0.123. The van der Waals surface area contributed by atoms with Gasteiger partial charge in [0, 0.05) is 23.7 Å². The molecule has 5 rings (SSSR count). The number of benzene rings is 1. The molecule has 0 unspecified atom stereocenters. The number of amides is 2. The van der Waals surface area contributed by atoms with E-state index in [2.05, 4.69) is 25.9 Å². The van der Waals surface area contributed by atoms with Gasteiger partial charge in [0.15, 0.2) is 21.5 Å². The van der Waals surface area contributed by atoms with Crippen LogP contribution in [0, 0.1) is 23.6 Å². The van der Waals surface area contributed by atoms with Crippen molar-refractivity contribution in [1.29, 1.82) is 0 Å². The second-order valence-electron chi connectivity index (χ2n) is 8.47. The minimum absolute atomic E-state index is 0.0346. The number of fused-ring (bicyclic) bond motifs is 5. The highest BCUT2D eigenvalue weighted by Gasteiger charge is 2.55. The summed E-state index contributed by atoms with van der Waals surface area (Å²) in [4.78, 5) is 32.8. The Morgan fingerprint density at radius 3 is 2.81 bits per heavy atom. The van der Waals surface area contributed by atoms with E-state index in [0.717, 1.165) is 6.20 Å². The van der Waals surface area contributed by atoms with Gasteiger partial charge in [-0.3, -0.25) is 9.59 Å². The van der Waals surface area contributed by atoms with Gasteiger partial charge < -0.3 is 21.7 Å². The minimum Gasteiger partial charge on any atom is -0.369 e. The summed E-state index contributed by atoms with van der Waals surface area (Å²) in [6, 6.07) is 4.96. The molecule has 1 aromatic heterocycles. The van der Waals surface area contributed by atoms with Crippen LogP contribution in [0.15, 0.2) is 35.4 Å². The van der Waals surface area contributed by atoms with E-state index in [4.69, 9.17) is 5.73 Å². The molecule has 2 fully saturated rings. The van der Waals surface area contributed by atoms with Gasteiger partial charge in [-0.25, -0.2) is 17.8 Å². The quantitative estimate of drug-likeness (QED) is 0.481. The van der Waals surface area contributed by atoms with Crippen LogP contribution in [-0.4, -0.2) is 48.0 Å². The molecule has 0 spiro atoms. The standard InChI is InChI=1S/C20H21FN6O4S/c21-13-7-23-20-24-10-2-1-3-11(6-10)32(30,31)8-15(28)25-14-5-9-4-12(14)17(16(9)18(22)29)26-19(13)27-20/h1-3,6-7,9,12,14,16-17H,4-5,8H2,(H2,22,29)(H,25,28)(H2,23,24,26,27)/t9-,12+,14+,16-,17+/m0/s1. The molecule has 2 amide bonds. The second kappa shape index (κ2) is 7.40. The van der Waals surface area contributed by atoms with Crippen LogP contribution >= 0.6 is 0 Å². The van der Waals surface area contributed by atoms with Gasteiger partial charge in [0.2, 0.25) is 17.8 Å². The zero-order chi connectivity index (χ0) is 22.6. The zero-order valence-corrected chi connectivity index (χ0v) is 17.6. The van der Waals surface area contributed by atoms with Gasteiger partial charge in [0.05, 0.1) is 17.0 Å². The first kappa shape index (κ1) is 20.6. The molecule has 1 aromatic carbocycles. The number of hydrogen-bond acceptors (Lipinski definition) is 8. The molecule has 6 bridgehead atoms. The zero-order valence-electron chi connectivity index (χ0n) is 16.8. The summed E-state index contributed by atoms with van der Waals surface area (Å²) in [5.74, 6) is -3.51. The maximum absolute atomic E-state index is 14.5. The number of aromatic nitrogens is 2. The first-order valence-electron chi connectivity index (χ1n) is 10.2. The number of nitrogens with two attached hydrogens (primary N) is 1. The Balaban J connectivity index is 1.59. The average Bonchev–Trinajstić information content (AvgIpc) is 3.27. The van der Waals surface area contributed by atoms with Crippen LogP contribution in [0.5, 0.6) is 0 Å². The molecule has 3 aliphatic rings. The van der Waals surface area contributed by atoms with Crippen molar-refractivity contribution >= 4 is 39.1 Å². The highest BCUT2D eigenvalue weighted by molar-refractivity contribution is 7.92. The number of sulfone groups is 1. The number of carbonyl (C=O) groups is 2. The second-order valence-corrected chi connectivity index (χ2v) is 10.5. The van der Waals surface area contributed by atoms with Crippen molar-refractivity contribution in [3.63, 3.8) is 0 Å². The van der Waals surface area contributed by atoms with Gasteiger partial charge in [0.1, 0.15) is 5.75 Å². The van der Waals surface area contributed by atoms with Crippen molar-refractivity contribution in [1.82, 2.24) is 15.3 Å². The normalized spacial score (nSPS) is 30.3. The van der Waals surface area contributed by atoms with Gasteiger partial charge in [-0.05, 0) is 37.0 Å². The molecule has 2 aliphatic carbocycles. The number of primary amides is 1. The van der Waals surface area contributed by atoms with E-state index < -0.39 is 45.2 Å². The van der Waals surface area contributed by atoms with Crippen LogP contribution in [0.4, 0.5) is 21.8 Å². The smallest absolute Gasteiger partial charge is 0.235 e. The molecule has 12 heteroatoms. The third-order valence-corrected chi connectivity index (χ3v) is 8.11. The van der Waals surface area contributed by atoms with Crippen molar-refractivity contribution in [3.05, 3.63) is 36.3 Å². The van der Waals surface area contributed by atoms with Crippen molar-refractivity contribution in [2.45, 2.75) is 29.8 Å². The first-order chi connectivity index (χ1) is 15.2. The van der Waals surface area contributed by atoms with Crippen molar-refractivity contribution < 1.29 is 22.4 Å². The Morgan fingerprint density at radius 1 is 1.22 bits per heavy atom. The van der Waals surface area contributed by atoms with Crippen LogP contribution in [0.25, 0.3) is 0 Å². The van der Waals surface area contributed by atoms with Crippen molar-refractivity contribution in [3.8, 4) is 0 Å². The SMILES string of the molecule is NC(=O)[C@H]1[C@H]2C[C@H]3[C@H]1Nc1nc(ncc1F)Nc1cccc(c1)S(=O)(=O)CC(=O)N[C@@H]3C2. The van der Waals surface area contributed by atoms with Crippen LogP contribution in [0.2, 0.25) is 0 Å². The maximum atomic E-state index is 14.5. The molecule has 0 saturated heterocycles. The molecule has 2 heterocycles. The van der Waals surface area contributed by atoms with Gasteiger partial charge in [0.25, 0.3) is 0 Å². The Morgan fingerprint density at radius 2 is 2.03 bits per heavy atom. The first-order valence-corrected chi connectivity index (χ1v) is 11.8. The Kier molecular flexibility index (Phi) is 4.77. The number of anilines is 3. The molecule has 0 radical (unpaired) electrons. The van der Waals surface area contributed by atoms with E-state index in [1.165, 1.54) is 18.2 Å². The Bertz CT molecular complexity index is 1220. The lowest BCUT2D eigenvalue weighted by atomic mass is 9.81. The summed E-state index contributed by atoms with van der Waals surface area (Å²) in [7, 11) is -3.90.